The van der Waals surface area contributed by atoms with Crippen LogP contribution < -0.4 is 9.47 Å². The third-order valence-electron chi connectivity index (χ3n) is 4.20. The van der Waals surface area contributed by atoms with Gasteiger partial charge in [0.05, 0.1) is 31.3 Å². The van der Waals surface area contributed by atoms with E-state index in [0.29, 0.717) is 18.8 Å². The fourth-order valence-electron chi connectivity index (χ4n) is 3.01. The zero-order chi connectivity index (χ0) is 19.3. The molecule has 1 atom stereocenters. The Labute approximate surface area is 157 Å². The van der Waals surface area contributed by atoms with Crippen LogP contribution in [-0.2, 0) is 0 Å². The molecule has 0 N–H and O–H groups in total. The first kappa shape index (κ1) is 20.3. The Morgan fingerprint density at radius 3 is 2.58 bits per heavy atom. The third kappa shape index (κ3) is 4.59. The number of rotatable bonds is 6. The molecule has 144 valence electrons. The van der Waals surface area contributed by atoms with Crippen molar-refractivity contribution in [2.24, 2.45) is 0 Å². The molecule has 8 nitrogen and oxygen atoms in total. The Morgan fingerprint density at radius 1 is 1.35 bits per heavy atom. The number of nitro benzene ring substituents is 1. The molecule has 0 radical (unpaired) electrons. The van der Waals surface area contributed by atoms with Crippen LogP contribution in [0.1, 0.15) is 16.8 Å². The van der Waals surface area contributed by atoms with Gasteiger partial charge in [-0.25, -0.2) is 0 Å². The SMILES string of the molecule is COc1cc(C(=O)N2CCCSCC2CN(C)C)c([N+](=O)[O-])cc1OC. The van der Waals surface area contributed by atoms with E-state index in [0.717, 1.165) is 17.9 Å². The number of hydrogen-bond donors (Lipinski definition) is 0. The van der Waals surface area contributed by atoms with Crippen LogP contribution in [0.15, 0.2) is 12.1 Å². The molecule has 0 saturated carbocycles. The highest BCUT2D eigenvalue weighted by Gasteiger charge is 2.32. The van der Waals surface area contributed by atoms with E-state index in [1.807, 2.05) is 30.8 Å². The molecule has 1 aromatic rings. The standard InChI is InChI=1S/C17H25N3O5S/c1-18(2)10-12-11-26-7-5-6-19(12)17(21)13-8-15(24-3)16(25-4)9-14(13)20(22)23/h8-9,12H,5-7,10-11H2,1-4H3. The molecule has 0 aromatic heterocycles. The van der Waals surface area contributed by atoms with Gasteiger partial charge in [-0.2, -0.15) is 11.8 Å². The average Bonchev–Trinajstić information content (AvgIpc) is 2.84. The molecule has 1 aliphatic heterocycles. The van der Waals surface area contributed by atoms with Gasteiger partial charge in [0, 0.05) is 24.9 Å². The fraction of sp³-hybridized carbons (Fsp3) is 0.588. The second kappa shape index (κ2) is 9.09. The van der Waals surface area contributed by atoms with Gasteiger partial charge in [-0.3, -0.25) is 14.9 Å². The number of carbonyl (C=O) groups excluding carboxylic acids is 1. The zero-order valence-electron chi connectivity index (χ0n) is 15.6. The van der Waals surface area contributed by atoms with Gasteiger partial charge >= 0.3 is 0 Å². The van der Waals surface area contributed by atoms with Crippen molar-refractivity contribution in [3.8, 4) is 11.5 Å². The maximum atomic E-state index is 13.2. The minimum absolute atomic E-state index is 0.00213. The number of ether oxygens (including phenoxy) is 2. The molecule has 1 aromatic carbocycles. The number of hydrogen-bond acceptors (Lipinski definition) is 7. The van der Waals surface area contributed by atoms with Gasteiger partial charge in [-0.05, 0) is 26.3 Å². The number of methoxy groups -OCH3 is 2. The second-order valence-corrected chi connectivity index (χ2v) is 7.47. The zero-order valence-corrected chi connectivity index (χ0v) is 16.4. The summed E-state index contributed by atoms with van der Waals surface area (Å²) in [4.78, 5) is 28.0. The van der Waals surface area contributed by atoms with Crippen LogP contribution >= 0.6 is 11.8 Å². The summed E-state index contributed by atoms with van der Waals surface area (Å²) < 4.78 is 10.4. The van der Waals surface area contributed by atoms with Crippen LogP contribution in [0.4, 0.5) is 5.69 Å². The Bertz CT molecular complexity index is 668. The quantitative estimate of drug-likeness (QED) is 0.549. The summed E-state index contributed by atoms with van der Waals surface area (Å²) in [6.45, 7) is 1.29. The van der Waals surface area contributed by atoms with Gasteiger partial charge in [0.25, 0.3) is 11.6 Å². The Hall–Kier alpha value is -2.00. The Kier molecular flexibility index (Phi) is 7.10. The molecule has 1 amide bonds. The lowest BCUT2D eigenvalue weighted by Gasteiger charge is -2.31. The molecule has 1 fully saturated rings. The normalized spacial score (nSPS) is 17.7. The van der Waals surface area contributed by atoms with Crippen molar-refractivity contribution in [3.63, 3.8) is 0 Å². The molecule has 0 spiro atoms. The highest BCUT2D eigenvalue weighted by molar-refractivity contribution is 7.99. The minimum Gasteiger partial charge on any atom is -0.493 e. The lowest BCUT2D eigenvalue weighted by atomic mass is 10.1. The van der Waals surface area contributed by atoms with E-state index in [4.69, 9.17) is 9.47 Å². The molecule has 1 saturated heterocycles. The number of carbonyl (C=O) groups is 1. The molecule has 0 aliphatic carbocycles. The molecule has 0 bridgehead atoms. The number of nitrogens with zero attached hydrogens (tertiary/aromatic N) is 3. The highest BCUT2D eigenvalue weighted by atomic mass is 32.2. The Morgan fingerprint density at radius 2 is 2.00 bits per heavy atom. The van der Waals surface area contributed by atoms with Crippen molar-refractivity contribution in [2.45, 2.75) is 12.5 Å². The summed E-state index contributed by atoms with van der Waals surface area (Å²) >= 11 is 1.81. The summed E-state index contributed by atoms with van der Waals surface area (Å²) in [5.74, 6) is 1.97. The van der Waals surface area contributed by atoms with Crippen molar-refractivity contribution in [3.05, 3.63) is 27.8 Å². The van der Waals surface area contributed by atoms with E-state index in [-0.39, 0.29) is 28.9 Å². The molecule has 26 heavy (non-hydrogen) atoms. The lowest BCUT2D eigenvalue weighted by molar-refractivity contribution is -0.385. The summed E-state index contributed by atoms with van der Waals surface area (Å²) in [7, 11) is 6.76. The number of nitro groups is 1. The van der Waals surface area contributed by atoms with Crippen LogP contribution in [0, 0.1) is 10.1 Å². The van der Waals surface area contributed by atoms with Gasteiger partial charge < -0.3 is 19.3 Å². The van der Waals surface area contributed by atoms with Gasteiger partial charge in [-0.15, -0.1) is 0 Å². The molecule has 2 rings (SSSR count). The Balaban J connectivity index is 2.46. The maximum absolute atomic E-state index is 13.2. The van der Waals surface area contributed by atoms with Gasteiger partial charge in [-0.1, -0.05) is 0 Å². The van der Waals surface area contributed by atoms with E-state index < -0.39 is 4.92 Å². The summed E-state index contributed by atoms with van der Waals surface area (Å²) in [5.41, 5.74) is -0.239. The number of thioether (sulfide) groups is 1. The van der Waals surface area contributed by atoms with Crippen LogP contribution in [0.5, 0.6) is 11.5 Å². The van der Waals surface area contributed by atoms with Gasteiger partial charge in [0.2, 0.25) is 0 Å². The van der Waals surface area contributed by atoms with E-state index in [1.54, 1.807) is 4.90 Å². The molecule has 1 heterocycles. The van der Waals surface area contributed by atoms with Crippen molar-refractivity contribution in [2.75, 3.05) is 52.9 Å². The van der Waals surface area contributed by atoms with Crippen LogP contribution in [0.3, 0.4) is 0 Å². The van der Waals surface area contributed by atoms with E-state index in [1.165, 1.54) is 26.4 Å². The van der Waals surface area contributed by atoms with Crippen LogP contribution in [0.2, 0.25) is 0 Å². The molecule has 1 aliphatic rings. The predicted molar refractivity (Wildman–Crippen MR) is 102 cm³/mol. The minimum atomic E-state index is -0.553. The maximum Gasteiger partial charge on any atom is 0.286 e. The topological polar surface area (TPSA) is 85.2 Å². The van der Waals surface area contributed by atoms with E-state index in [9.17, 15) is 14.9 Å². The summed E-state index contributed by atoms with van der Waals surface area (Å²) in [6, 6.07) is 2.65. The molecule has 9 heteroatoms. The highest BCUT2D eigenvalue weighted by Crippen LogP contribution is 2.35. The van der Waals surface area contributed by atoms with Gasteiger partial charge in [0.1, 0.15) is 5.56 Å². The van der Waals surface area contributed by atoms with E-state index >= 15 is 0 Å². The van der Waals surface area contributed by atoms with Crippen molar-refractivity contribution >= 4 is 23.4 Å². The van der Waals surface area contributed by atoms with E-state index in [2.05, 4.69) is 0 Å². The molecular weight excluding hydrogens is 358 g/mol. The fourth-order valence-corrected chi connectivity index (χ4v) is 4.07. The summed E-state index contributed by atoms with van der Waals surface area (Å²) in [6.07, 6.45) is 0.863. The van der Waals surface area contributed by atoms with Crippen LogP contribution in [0.25, 0.3) is 0 Å². The molecule has 1 unspecified atom stereocenters. The first-order chi connectivity index (χ1) is 12.4. The second-order valence-electron chi connectivity index (χ2n) is 6.32. The number of amides is 1. The smallest absolute Gasteiger partial charge is 0.286 e. The monoisotopic (exact) mass is 383 g/mol. The van der Waals surface area contributed by atoms with Crippen molar-refractivity contribution in [1.29, 1.82) is 0 Å². The number of likely N-dealkylation sites (N-methyl/N-ethyl adjacent to an activating group) is 1. The average molecular weight is 383 g/mol. The summed E-state index contributed by atoms with van der Waals surface area (Å²) in [5, 5.41) is 11.5. The largest absolute Gasteiger partial charge is 0.493 e. The number of benzene rings is 1. The van der Waals surface area contributed by atoms with Crippen LogP contribution in [-0.4, -0.2) is 79.6 Å². The first-order valence-electron chi connectivity index (χ1n) is 8.32. The van der Waals surface area contributed by atoms with Crippen molar-refractivity contribution < 1.29 is 19.2 Å². The predicted octanol–water partition coefficient (Wildman–Crippen LogP) is 2.12. The first-order valence-corrected chi connectivity index (χ1v) is 9.48. The van der Waals surface area contributed by atoms with Crippen molar-refractivity contribution in [1.82, 2.24) is 9.80 Å². The van der Waals surface area contributed by atoms with Gasteiger partial charge in [0.15, 0.2) is 11.5 Å². The third-order valence-corrected chi connectivity index (χ3v) is 5.40. The lowest BCUT2D eigenvalue weighted by Crippen LogP contribution is -2.46. The molecular formula is C17H25N3O5S.